The van der Waals surface area contributed by atoms with E-state index in [-0.39, 0.29) is 22.5 Å². The van der Waals surface area contributed by atoms with Crippen molar-refractivity contribution in [3.8, 4) is 0 Å². The number of rotatable bonds is 1. The smallest absolute Gasteiger partial charge is 0.344 e. The van der Waals surface area contributed by atoms with Crippen molar-refractivity contribution in [2.24, 2.45) is 10.7 Å². The average Bonchev–Trinajstić information content (AvgIpc) is 2.30. The molecule has 22 heavy (non-hydrogen) atoms. The van der Waals surface area contributed by atoms with Gasteiger partial charge in [-0.1, -0.05) is 11.6 Å². The lowest BCUT2D eigenvalue weighted by Crippen LogP contribution is -2.43. The monoisotopic (exact) mass is 328 g/mol. The standard InChI is InChI=1S/C11H17ClN8O2/c1-11(2,3)20-10(22)19-9(15)18-8(21)4-6(13)17-7(14)5(12)16-4/h1-3H3,(H4,13,14,17)(H4,15,18,19,20,21,22). The van der Waals surface area contributed by atoms with Crippen molar-refractivity contribution in [1.82, 2.24) is 20.6 Å². The predicted octanol–water partition coefficient (Wildman–Crippen LogP) is -0.153. The van der Waals surface area contributed by atoms with Gasteiger partial charge in [0.25, 0.3) is 5.91 Å². The quantitative estimate of drug-likeness (QED) is 0.351. The lowest BCUT2D eigenvalue weighted by atomic mass is 10.1. The second-order valence-corrected chi connectivity index (χ2v) is 5.62. The van der Waals surface area contributed by atoms with E-state index in [0.717, 1.165) is 0 Å². The van der Waals surface area contributed by atoms with Crippen LogP contribution in [-0.4, -0.2) is 33.4 Å². The van der Waals surface area contributed by atoms with Crippen LogP contribution in [0.25, 0.3) is 0 Å². The van der Waals surface area contributed by atoms with Crippen LogP contribution in [0.4, 0.5) is 16.4 Å². The second kappa shape index (κ2) is 6.43. The van der Waals surface area contributed by atoms with E-state index in [1.54, 1.807) is 20.8 Å². The molecule has 1 rings (SSSR count). The topological polar surface area (TPSA) is 174 Å². The first-order valence-electron chi connectivity index (χ1n) is 6.05. The first-order valence-corrected chi connectivity index (χ1v) is 6.43. The molecule has 0 spiro atoms. The zero-order valence-corrected chi connectivity index (χ0v) is 13.0. The SMILES string of the molecule is CC(C)(C)NC(=O)N=C(N)NC(=O)c1nc(Cl)c(N)nc1N. The number of nitrogens with zero attached hydrogens (tertiary/aromatic N) is 3. The van der Waals surface area contributed by atoms with Gasteiger partial charge in [-0.25, -0.2) is 14.8 Å². The molecule has 10 nitrogen and oxygen atoms in total. The molecule has 11 heteroatoms. The highest BCUT2D eigenvalue weighted by molar-refractivity contribution is 6.31. The van der Waals surface area contributed by atoms with E-state index < -0.39 is 23.4 Å². The number of nitrogens with two attached hydrogens (primary N) is 3. The number of hydrogen-bond acceptors (Lipinski definition) is 6. The van der Waals surface area contributed by atoms with Gasteiger partial charge in [-0.15, -0.1) is 0 Å². The molecule has 0 bridgehead atoms. The Labute approximate surface area is 131 Å². The maximum atomic E-state index is 11.9. The van der Waals surface area contributed by atoms with Gasteiger partial charge in [0.2, 0.25) is 5.96 Å². The van der Waals surface area contributed by atoms with Crippen molar-refractivity contribution in [2.45, 2.75) is 26.3 Å². The number of halogens is 1. The number of hydrogen-bond donors (Lipinski definition) is 5. The molecule has 1 heterocycles. The van der Waals surface area contributed by atoms with Gasteiger partial charge < -0.3 is 22.5 Å². The van der Waals surface area contributed by atoms with Crippen molar-refractivity contribution in [3.05, 3.63) is 10.8 Å². The molecule has 1 aromatic rings. The first-order chi connectivity index (χ1) is 9.99. The van der Waals surface area contributed by atoms with Crippen molar-refractivity contribution < 1.29 is 9.59 Å². The molecule has 1 aromatic heterocycles. The summed E-state index contributed by atoms with van der Waals surface area (Å²) in [5.41, 5.74) is 15.6. The summed E-state index contributed by atoms with van der Waals surface area (Å²) in [5.74, 6) is -1.59. The molecular weight excluding hydrogens is 312 g/mol. The summed E-state index contributed by atoms with van der Waals surface area (Å²) in [6, 6.07) is -0.709. The Bertz CT molecular complexity index is 638. The van der Waals surface area contributed by atoms with Gasteiger partial charge in [0.1, 0.15) is 0 Å². The number of guanidine groups is 1. The van der Waals surface area contributed by atoms with Gasteiger partial charge in [0.05, 0.1) is 0 Å². The number of nitrogens with one attached hydrogen (secondary N) is 2. The summed E-state index contributed by atoms with van der Waals surface area (Å²) in [5, 5.41) is 4.51. The highest BCUT2D eigenvalue weighted by Crippen LogP contribution is 2.17. The van der Waals surface area contributed by atoms with E-state index in [1.807, 2.05) is 0 Å². The Hall–Kier alpha value is -2.62. The van der Waals surface area contributed by atoms with Gasteiger partial charge in [-0.05, 0) is 20.8 Å². The maximum Gasteiger partial charge on any atom is 0.344 e. The third kappa shape index (κ3) is 5.05. The number of carbonyl (C=O) groups is 2. The molecule has 120 valence electrons. The highest BCUT2D eigenvalue weighted by Gasteiger charge is 2.18. The fourth-order valence-electron chi connectivity index (χ4n) is 1.27. The average molecular weight is 329 g/mol. The van der Waals surface area contributed by atoms with Crippen LogP contribution in [0.2, 0.25) is 5.15 Å². The molecule has 8 N–H and O–H groups in total. The van der Waals surface area contributed by atoms with Gasteiger partial charge in [0.15, 0.2) is 22.5 Å². The number of nitrogen functional groups attached to an aromatic ring is 2. The minimum Gasteiger partial charge on any atom is -0.382 e. The largest absolute Gasteiger partial charge is 0.382 e. The zero-order valence-electron chi connectivity index (χ0n) is 12.3. The summed E-state index contributed by atoms with van der Waals surface area (Å²) in [6.07, 6.45) is 0. The van der Waals surface area contributed by atoms with Crippen molar-refractivity contribution in [2.75, 3.05) is 11.5 Å². The van der Waals surface area contributed by atoms with E-state index in [9.17, 15) is 9.59 Å². The van der Waals surface area contributed by atoms with Crippen LogP contribution in [0.1, 0.15) is 31.3 Å². The van der Waals surface area contributed by atoms with Gasteiger partial charge in [-0.2, -0.15) is 4.99 Å². The summed E-state index contributed by atoms with van der Waals surface area (Å²) in [4.78, 5) is 34.3. The number of amides is 3. The molecule has 0 aromatic carbocycles. The fourth-order valence-corrected chi connectivity index (χ4v) is 1.40. The Morgan fingerprint density at radius 1 is 1.18 bits per heavy atom. The van der Waals surface area contributed by atoms with Crippen molar-refractivity contribution in [3.63, 3.8) is 0 Å². The lowest BCUT2D eigenvalue weighted by molar-refractivity contribution is 0.0972. The Morgan fingerprint density at radius 2 is 1.77 bits per heavy atom. The summed E-state index contributed by atoms with van der Waals surface area (Å²) in [7, 11) is 0. The molecule has 0 saturated heterocycles. The second-order valence-electron chi connectivity index (χ2n) is 5.26. The minimum atomic E-state index is -0.822. The Morgan fingerprint density at radius 3 is 2.32 bits per heavy atom. The van der Waals surface area contributed by atoms with Crippen LogP contribution < -0.4 is 27.8 Å². The Balaban J connectivity index is 2.84. The van der Waals surface area contributed by atoms with Crippen LogP contribution >= 0.6 is 11.6 Å². The number of urea groups is 1. The number of carbonyl (C=O) groups excluding carboxylic acids is 2. The number of anilines is 2. The molecule has 0 unspecified atom stereocenters. The molecule has 0 saturated carbocycles. The lowest BCUT2D eigenvalue weighted by Gasteiger charge is -2.18. The van der Waals surface area contributed by atoms with Gasteiger partial charge >= 0.3 is 6.03 Å². The van der Waals surface area contributed by atoms with E-state index in [1.165, 1.54) is 0 Å². The van der Waals surface area contributed by atoms with E-state index in [2.05, 4.69) is 25.6 Å². The number of aliphatic imine (C=N–C) groups is 1. The zero-order chi connectivity index (χ0) is 17.1. The van der Waals surface area contributed by atoms with Gasteiger partial charge in [0, 0.05) is 5.54 Å². The maximum absolute atomic E-state index is 11.9. The van der Waals surface area contributed by atoms with Crippen molar-refractivity contribution in [1.29, 1.82) is 0 Å². The third-order valence-electron chi connectivity index (χ3n) is 2.07. The molecule has 0 aliphatic carbocycles. The fraction of sp³-hybridized carbons (Fsp3) is 0.364. The molecule has 0 atom stereocenters. The van der Waals surface area contributed by atoms with E-state index in [0.29, 0.717) is 0 Å². The van der Waals surface area contributed by atoms with E-state index >= 15 is 0 Å². The normalized spacial score (nSPS) is 11.9. The molecule has 0 aliphatic heterocycles. The van der Waals surface area contributed by atoms with Crippen LogP contribution in [0, 0.1) is 0 Å². The minimum absolute atomic E-state index is 0.109. The van der Waals surface area contributed by atoms with Crippen LogP contribution in [0.3, 0.4) is 0 Å². The van der Waals surface area contributed by atoms with Gasteiger partial charge in [-0.3, -0.25) is 10.1 Å². The predicted molar refractivity (Wildman–Crippen MR) is 83.2 cm³/mol. The Kier molecular flexibility index (Phi) is 5.10. The van der Waals surface area contributed by atoms with Crippen molar-refractivity contribution >= 4 is 41.1 Å². The van der Waals surface area contributed by atoms with Crippen LogP contribution in [0.5, 0.6) is 0 Å². The van der Waals surface area contributed by atoms with Crippen LogP contribution in [-0.2, 0) is 0 Å². The van der Waals surface area contributed by atoms with Crippen LogP contribution in [0.15, 0.2) is 4.99 Å². The molecule has 0 fully saturated rings. The molecule has 3 amide bonds. The third-order valence-corrected chi connectivity index (χ3v) is 2.34. The molecule has 0 aliphatic rings. The first kappa shape index (κ1) is 17.4. The summed E-state index contributed by atoms with van der Waals surface area (Å²) < 4.78 is 0. The highest BCUT2D eigenvalue weighted by atomic mass is 35.5. The molecular formula is C11H17ClN8O2. The summed E-state index contributed by atoms with van der Waals surface area (Å²) >= 11 is 5.66. The molecule has 0 radical (unpaired) electrons. The van der Waals surface area contributed by atoms with E-state index in [4.69, 9.17) is 28.8 Å². The number of aromatic nitrogens is 2. The summed E-state index contributed by atoms with van der Waals surface area (Å²) in [6.45, 7) is 5.30.